The van der Waals surface area contributed by atoms with E-state index < -0.39 is 4.92 Å². The molecule has 8 nitrogen and oxygen atoms in total. The molecule has 8 heteroatoms. The highest BCUT2D eigenvalue weighted by atomic mass is 16.6. The van der Waals surface area contributed by atoms with Crippen LogP contribution in [0.2, 0.25) is 0 Å². The molecule has 1 aromatic rings. The molecule has 0 N–H and O–H groups in total. The van der Waals surface area contributed by atoms with Crippen LogP contribution in [-0.4, -0.2) is 50.8 Å². The second kappa shape index (κ2) is 4.96. The molecule has 1 amide bonds. The maximum Gasteiger partial charge on any atom is 0.357 e. The molecule has 104 valence electrons. The molecule has 0 aliphatic carbocycles. The Morgan fingerprint density at radius 1 is 1.47 bits per heavy atom. The first-order valence-electron chi connectivity index (χ1n) is 6.01. The van der Waals surface area contributed by atoms with Gasteiger partial charge in [0.2, 0.25) is 0 Å². The summed E-state index contributed by atoms with van der Waals surface area (Å²) in [6, 6.07) is 0. The van der Waals surface area contributed by atoms with Crippen LogP contribution in [0.25, 0.3) is 0 Å². The lowest BCUT2D eigenvalue weighted by Crippen LogP contribution is -2.48. The molecule has 2 heterocycles. The number of aromatic nitrogens is 2. The molecule has 2 rings (SSSR count). The van der Waals surface area contributed by atoms with Crippen LogP contribution in [0.4, 0.5) is 5.82 Å². The molecule has 0 unspecified atom stereocenters. The molecule has 1 aromatic heterocycles. The minimum atomic E-state index is -0.590. The summed E-state index contributed by atoms with van der Waals surface area (Å²) in [6.07, 6.45) is 1.08. The van der Waals surface area contributed by atoms with Gasteiger partial charge in [0.1, 0.15) is 7.05 Å². The average Bonchev–Trinajstić information content (AvgIpc) is 2.68. The summed E-state index contributed by atoms with van der Waals surface area (Å²) in [5.41, 5.74) is 0.0220. The molecule has 0 radical (unpaired) electrons. The molecule has 1 fully saturated rings. The minimum Gasteiger partial charge on any atom is -0.372 e. The van der Waals surface area contributed by atoms with Crippen molar-refractivity contribution in [3.63, 3.8) is 0 Å². The Labute approximate surface area is 110 Å². The predicted octanol–water partition coefficient (Wildman–Crippen LogP) is 0.578. The van der Waals surface area contributed by atoms with Crippen molar-refractivity contribution in [3.05, 3.63) is 21.9 Å². The lowest BCUT2D eigenvalue weighted by Gasteiger charge is -2.34. The Hall–Kier alpha value is -1.96. The lowest BCUT2D eigenvalue weighted by molar-refractivity contribution is -0.392. The summed E-state index contributed by atoms with van der Waals surface area (Å²) in [7, 11) is 1.44. The van der Waals surface area contributed by atoms with Gasteiger partial charge in [0, 0.05) is 13.1 Å². The number of nitrogens with zero attached hydrogens (tertiary/aromatic N) is 4. The third-order valence-electron chi connectivity index (χ3n) is 3.02. The molecular weight excluding hydrogens is 252 g/mol. The van der Waals surface area contributed by atoms with Gasteiger partial charge in [0.05, 0.1) is 18.4 Å². The summed E-state index contributed by atoms with van der Waals surface area (Å²) >= 11 is 0. The molecule has 0 bridgehead atoms. The Balaban J connectivity index is 2.27. The molecule has 0 saturated carbocycles. The number of amides is 1. The van der Waals surface area contributed by atoms with Crippen molar-refractivity contribution in [3.8, 4) is 0 Å². The Bertz CT molecular complexity index is 503. The Kier molecular flexibility index (Phi) is 3.52. The molecule has 19 heavy (non-hydrogen) atoms. The first-order valence-corrected chi connectivity index (χ1v) is 6.01. The number of carbonyl (C=O) groups is 1. The van der Waals surface area contributed by atoms with E-state index in [0.717, 1.165) is 4.68 Å². The van der Waals surface area contributed by atoms with Crippen LogP contribution in [0, 0.1) is 10.1 Å². The molecule has 1 aliphatic rings. The number of aryl methyl sites for hydroxylation is 1. The van der Waals surface area contributed by atoms with Crippen LogP contribution < -0.4 is 0 Å². The molecule has 1 saturated heterocycles. The normalized spacial score (nSPS) is 23.4. The zero-order chi connectivity index (χ0) is 14.2. The van der Waals surface area contributed by atoms with Crippen molar-refractivity contribution < 1.29 is 14.5 Å². The van der Waals surface area contributed by atoms with Crippen LogP contribution in [0.15, 0.2) is 6.20 Å². The number of ether oxygens (including phenoxy) is 1. The number of rotatable bonds is 2. The van der Waals surface area contributed by atoms with Gasteiger partial charge < -0.3 is 19.8 Å². The fourth-order valence-electron chi connectivity index (χ4n) is 2.31. The van der Waals surface area contributed by atoms with Crippen LogP contribution in [0.3, 0.4) is 0 Å². The minimum absolute atomic E-state index is 0.0220. The first-order chi connectivity index (χ1) is 8.90. The third-order valence-corrected chi connectivity index (χ3v) is 3.02. The van der Waals surface area contributed by atoms with Crippen molar-refractivity contribution in [1.29, 1.82) is 0 Å². The van der Waals surface area contributed by atoms with E-state index in [0.29, 0.717) is 13.1 Å². The lowest BCUT2D eigenvalue weighted by atomic mass is 10.2. The Morgan fingerprint density at radius 2 is 2.05 bits per heavy atom. The van der Waals surface area contributed by atoms with Crippen molar-refractivity contribution in [2.75, 3.05) is 13.1 Å². The molecule has 0 spiro atoms. The third kappa shape index (κ3) is 2.58. The van der Waals surface area contributed by atoms with Crippen LogP contribution in [0.5, 0.6) is 0 Å². The van der Waals surface area contributed by atoms with Gasteiger partial charge in [-0.3, -0.25) is 4.79 Å². The maximum atomic E-state index is 12.3. The predicted molar refractivity (Wildman–Crippen MR) is 65.8 cm³/mol. The van der Waals surface area contributed by atoms with E-state index in [9.17, 15) is 14.9 Å². The van der Waals surface area contributed by atoms with Gasteiger partial charge in [-0.15, -0.1) is 4.68 Å². The SMILES string of the molecule is C[C@@H]1CN(C(=O)c2cnn(C)c2[N+](=O)[O-])C[C@@H](C)O1. The molecular formula is C11H16N4O4. The smallest absolute Gasteiger partial charge is 0.357 e. The number of carbonyl (C=O) groups excluding carboxylic acids is 1. The van der Waals surface area contributed by atoms with Gasteiger partial charge in [-0.1, -0.05) is 5.10 Å². The fraction of sp³-hybridized carbons (Fsp3) is 0.636. The summed E-state index contributed by atoms with van der Waals surface area (Å²) < 4.78 is 6.63. The van der Waals surface area contributed by atoms with E-state index in [-0.39, 0.29) is 29.5 Å². The zero-order valence-electron chi connectivity index (χ0n) is 11.1. The summed E-state index contributed by atoms with van der Waals surface area (Å²) in [6.45, 7) is 4.59. The average molecular weight is 268 g/mol. The topological polar surface area (TPSA) is 90.5 Å². The second-order valence-electron chi connectivity index (χ2n) is 4.73. The summed E-state index contributed by atoms with van der Waals surface area (Å²) in [5.74, 6) is -0.654. The monoisotopic (exact) mass is 268 g/mol. The standard InChI is InChI=1S/C11H16N4O4/c1-7-5-14(6-8(2)19-7)11(16)9-4-12-13(3)10(9)15(17)18/h4,7-8H,5-6H2,1-3H3/t7-,8-/m1/s1. The Morgan fingerprint density at radius 3 is 2.58 bits per heavy atom. The van der Waals surface area contributed by atoms with E-state index in [1.807, 2.05) is 13.8 Å². The van der Waals surface area contributed by atoms with Gasteiger partial charge in [-0.25, -0.2) is 0 Å². The van der Waals surface area contributed by atoms with E-state index in [1.165, 1.54) is 13.2 Å². The molecule has 1 aliphatic heterocycles. The molecule has 0 aromatic carbocycles. The van der Waals surface area contributed by atoms with Gasteiger partial charge in [0.25, 0.3) is 5.91 Å². The summed E-state index contributed by atoms with van der Waals surface area (Å²) in [4.78, 5) is 24.3. The van der Waals surface area contributed by atoms with Crippen LogP contribution >= 0.6 is 0 Å². The number of nitro groups is 1. The highest BCUT2D eigenvalue weighted by Crippen LogP contribution is 2.21. The highest BCUT2D eigenvalue weighted by molar-refractivity contribution is 5.97. The van der Waals surface area contributed by atoms with Gasteiger partial charge in [-0.2, -0.15) is 0 Å². The molecule has 2 atom stereocenters. The van der Waals surface area contributed by atoms with Crippen molar-refractivity contribution in [2.45, 2.75) is 26.1 Å². The summed E-state index contributed by atoms with van der Waals surface area (Å²) in [5, 5.41) is 14.8. The van der Waals surface area contributed by atoms with Crippen LogP contribution in [0.1, 0.15) is 24.2 Å². The van der Waals surface area contributed by atoms with E-state index in [2.05, 4.69) is 5.10 Å². The fourth-order valence-corrected chi connectivity index (χ4v) is 2.31. The zero-order valence-corrected chi connectivity index (χ0v) is 11.1. The largest absolute Gasteiger partial charge is 0.372 e. The van der Waals surface area contributed by atoms with Gasteiger partial charge in [0.15, 0.2) is 5.56 Å². The van der Waals surface area contributed by atoms with E-state index >= 15 is 0 Å². The number of morpholine rings is 1. The number of hydrogen-bond acceptors (Lipinski definition) is 5. The van der Waals surface area contributed by atoms with Crippen LogP contribution in [-0.2, 0) is 11.8 Å². The van der Waals surface area contributed by atoms with Gasteiger partial charge >= 0.3 is 5.82 Å². The van der Waals surface area contributed by atoms with Crippen molar-refractivity contribution in [2.24, 2.45) is 7.05 Å². The number of hydrogen-bond donors (Lipinski definition) is 0. The maximum absolute atomic E-state index is 12.3. The van der Waals surface area contributed by atoms with Crippen molar-refractivity contribution >= 4 is 11.7 Å². The van der Waals surface area contributed by atoms with Crippen molar-refractivity contribution in [1.82, 2.24) is 14.7 Å². The van der Waals surface area contributed by atoms with E-state index in [4.69, 9.17) is 4.74 Å². The quantitative estimate of drug-likeness (QED) is 0.578. The van der Waals surface area contributed by atoms with E-state index in [1.54, 1.807) is 4.90 Å². The highest BCUT2D eigenvalue weighted by Gasteiger charge is 2.32. The second-order valence-corrected chi connectivity index (χ2v) is 4.73. The van der Waals surface area contributed by atoms with Gasteiger partial charge in [-0.05, 0) is 18.8 Å². The first kappa shape index (κ1) is 13.5.